The summed E-state index contributed by atoms with van der Waals surface area (Å²) in [6, 6.07) is 17.5. The molecule has 0 spiro atoms. The molecule has 0 amide bonds. The van der Waals surface area contributed by atoms with Gasteiger partial charge in [-0.05, 0) is 60.2 Å². The van der Waals surface area contributed by atoms with Gasteiger partial charge in [0.05, 0.1) is 11.8 Å². The number of rotatable bonds is 7. The zero-order valence-corrected chi connectivity index (χ0v) is 19.7. The first kappa shape index (κ1) is 28.6. The van der Waals surface area contributed by atoms with Crippen LogP contribution in [0.2, 0.25) is 0 Å². The van der Waals surface area contributed by atoms with Gasteiger partial charge in [0.1, 0.15) is 17.3 Å². The van der Waals surface area contributed by atoms with Crippen molar-refractivity contribution in [3.8, 4) is 22.6 Å². The molecule has 0 heterocycles. The Hall–Kier alpha value is -4.59. The number of ether oxygens (including phenoxy) is 1. The van der Waals surface area contributed by atoms with Crippen LogP contribution in [0.25, 0.3) is 11.1 Å². The molecule has 3 aromatic rings. The number of alkyl halides is 3. The summed E-state index contributed by atoms with van der Waals surface area (Å²) >= 11 is 0. The van der Waals surface area contributed by atoms with Gasteiger partial charge in [-0.15, -0.1) is 0 Å². The minimum atomic E-state index is -5.08. The molecule has 3 rings (SSSR count). The lowest BCUT2D eigenvalue weighted by Gasteiger charge is -2.14. The summed E-state index contributed by atoms with van der Waals surface area (Å²) < 4.78 is 63.3. The van der Waals surface area contributed by atoms with Crippen LogP contribution in [0.4, 0.5) is 18.9 Å². The predicted molar refractivity (Wildman–Crippen MR) is 129 cm³/mol. The summed E-state index contributed by atoms with van der Waals surface area (Å²) in [5, 5.41) is 23.9. The minimum absolute atomic E-state index is 0.0658. The number of hydrogen-bond donors (Lipinski definition) is 5. The van der Waals surface area contributed by atoms with Crippen LogP contribution in [-0.4, -0.2) is 48.8 Å². The van der Waals surface area contributed by atoms with E-state index < -0.39 is 28.1 Å². The largest absolute Gasteiger partial charge is 0.490 e. The number of aromatic carboxylic acids is 1. The van der Waals surface area contributed by atoms with Crippen LogP contribution in [0.15, 0.2) is 66.7 Å². The normalized spacial score (nSPS) is 11.0. The Labute approximate surface area is 208 Å². The van der Waals surface area contributed by atoms with Gasteiger partial charge in [0.15, 0.2) is 0 Å². The number of halogens is 3. The highest BCUT2D eigenvalue weighted by molar-refractivity contribution is 7.92. The average Bonchev–Trinajstić information content (AvgIpc) is 2.79. The summed E-state index contributed by atoms with van der Waals surface area (Å²) in [6.45, 7) is 0. The molecule has 3 aromatic carbocycles. The van der Waals surface area contributed by atoms with Crippen LogP contribution in [0.1, 0.15) is 15.9 Å². The Bertz CT molecular complexity index is 1420. The van der Waals surface area contributed by atoms with Crippen molar-refractivity contribution in [2.75, 3.05) is 11.0 Å². The number of benzene rings is 3. The van der Waals surface area contributed by atoms with E-state index in [1.807, 2.05) is 0 Å². The molecule has 0 saturated carbocycles. The molecule has 0 saturated heterocycles. The van der Waals surface area contributed by atoms with E-state index in [9.17, 15) is 31.5 Å². The van der Waals surface area contributed by atoms with Crippen LogP contribution < -0.4 is 15.2 Å². The standard InChI is InChI=1S/C21H19N3O5S.C2HF3O2/c1-30(27,28)24-16-7-10-19(29-17-8-5-13(6-9-17)20(22)23)18(12-16)14-3-2-4-15(11-14)21(25)26;3-2(4,5)1(6)7/h2-12,24H,1H3,(H3,22,23)(H,25,26);(H,6,7). The number of carbonyl (C=O) groups is 2. The summed E-state index contributed by atoms with van der Waals surface area (Å²) in [6.07, 6.45) is -4.04. The van der Waals surface area contributed by atoms with E-state index >= 15 is 0 Å². The first-order chi connectivity index (χ1) is 17.1. The van der Waals surface area contributed by atoms with E-state index in [2.05, 4.69) is 4.72 Å². The van der Waals surface area contributed by atoms with Crippen LogP contribution in [0, 0.1) is 5.41 Å². The van der Waals surface area contributed by atoms with Gasteiger partial charge in [-0.25, -0.2) is 18.0 Å². The van der Waals surface area contributed by atoms with Crippen molar-refractivity contribution in [1.82, 2.24) is 0 Å². The predicted octanol–water partition coefficient (Wildman–Crippen LogP) is 4.13. The molecule has 0 aliphatic rings. The Kier molecular flexibility index (Phi) is 8.85. The van der Waals surface area contributed by atoms with Crippen molar-refractivity contribution in [2.45, 2.75) is 6.18 Å². The number of amidine groups is 1. The monoisotopic (exact) mass is 539 g/mol. The molecule has 0 atom stereocenters. The summed E-state index contributed by atoms with van der Waals surface area (Å²) in [5.74, 6) is -3.03. The molecular formula is C23H20F3N3O7S. The Morgan fingerprint density at radius 2 is 1.57 bits per heavy atom. The minimum Gasteiger partial charge on any atom is -0.478 e. The van der Waals surface area contributed by atoms with Crippen LogP contribution in [-0.2, 0) is 14.8 Å². The highest BCUT2D eigenvalue weighted by Gasteiger charge is 2.38. The summed E-state index contributed by atoms with van der Waals surface area (Å²) in [7, 11) is -3.50. The third-order valence-electron chi connectivity index (χ3n) is 4.34. The van der Waals surface area contributed by atoms with Crippen LogP contribution >= 0.6 is 0 Å². The van der Waals surface area contributed by atoms with Gasteiger partial charge in [0.2, 0.25) is 10.0 Å². The number of hydrogen-bond acceptors (Lipinski definition) is 6. The van der Waals surface area contributed by atoms with Gasteiger partial charge < -0.3 is 20.7 Å². The fraction of sp³-hybridized carbons (Fsp3) is 0.0870. The number of sulfonamides is 1. The highest BCUT2D eigenvalue weighted by Crippen LogP contribution is 2.36. The van der Waals surface area contributed by atoms with Gasteiger partial charge >= 0.3 is 18.1 Å². The Morgan fingerprint density at radius 3 is 2.05 bits per heavy atom. The van der Waals surface area contributed by atoms with Gasteiger partial charge in [-0.1, -0.05) is 12.1 Å². The van der Waals surface area contributed by atoms with E-state index in [-0.39, 0.29) is 11.4 Å². The molecule has 0 bridgehead atoms. The fourth-order valence-corrected chi connectivity index (χ4v) is 3.33. The molecule has 0 radical (unpaired) electrons. The van der Waals surface area contributed by atoms with Crippen LogP contribution in [0.3, 0.4) is 0 Å². The lowest BCUT2D eigenvalue weighted by molar-refractivity contribution is -0.192. The quantitative estimate of drug-likeness (QED) is 0.219. The molecule has 37 heavy (non-hydrogen) atoms. The number of anilines is 1. The first-order valence-electron chi connectivity index (χ1n) is 9.95. The number of carboxylic acid groups (broad SMARTS) is 2. The molecule has 196 valence electrons. The van der Waals surface area contributed by atoms with E-state index in [4.69, 9.17) is 25.8 Å². The second kappa shape index (κ2) is 11.4. The molecule has 0 aromatic heterocycles. The molecule has 10 nitrogen and oxygen atoms in total. The van der Waals surface area contributed by atoms with Gasteiger partial charge in [-0.3, -0.25) is 10.1 Å². The van der Waals surface area contributed by atoms with Crippen molar-refractivity contribution < 1.29 is 46.1 Å². The van der Waals surface area contributed by atoms with Crippen molar-refractivity contribution >= 4 is 33.5 Å². The van der Waals surface area contributed by atoms with E-state index in [0.717, 1.165) is 6.26 Å². The number of carboxylic acids is 2. The van der Waals surface area contributed by atoms with Crippen molar-refractivity contribution in [3.63, 3.8) is 0 Å². The van der Waals surface area contributed by atoms with Gasteiger partial charge in [-0.2, -0.15) is 13.2 Å². The summed E-state index contributed by atoms with van der Waals surface area (Å²) in [4.78, 5) is 20.2. The van der Waals surface area contributed by atoms with E-state index in [1.54, 1.807) is 54.6 Å². The van der Waals surface area contributed by atoms with Crippen LogP contribution in [0.5, 0.6) is 11.5 Å². The zero-order valence-electron chi connectivity index (χ0n) is 18.9. The second-order valence-corrected chi connectivity index (χ2v) is 9.06. The number of nitrogen functional groups attached to an aromatic ring is 1. The fourth-order valence-electron chi connectivity index (χ4n) is 2.77. The van der Waals surface area contributed by atoms with E-state index in [1.165, 1.54) is 12.1 Å². The molecule has 0 fully saturated rings. The molecule has 0 unspecified atom stereocenters. The third kappa shape index (κ3) is 8.85. The highest BCUT2D eigenvalue weighted by atomic mass is 32.2. The maximum Gasteiger partial charge on any atom is 0.490 e. The smallest absolute Gasteiger partial charge is 0.478 e. The topological polar surface area (TPSA) is 180 Å². The van der Waals surface area contributed by atoms with Gasteiger partial charge in [0.25, 0.3) is 0 Å². The first-order valence-corrected chi connectivity index (χ1v) is 11.8. The SMILES string of the molecule is CS(=O)(=O)Nc1ccc(Oc2ccc(C(=N)N)cc2)c(-c2cccc(C(=O)O)c2)c1.O=C(O)C(F)(F)F. The summed E-state index contributed by atoms with van der Waals surface area (Å²) in [5.41, 5.74) is 7.45. The third-order valence-corrected chi connectivity index (χ3v) is 4.95. The Morgan fingerprint density at radius 1 is 0.973 bits per heavy atom. The van der Waals surface area contributed by atoms with E-state index in [0.29, 0.717) is 33.9 Å². The lowest BCUT2D eigenvalue weighted by atomic mass is 10.0. The molecule has 6 N–H and O–H groups in total. The number of nitrogens with two attached hydrogens (primary N) is 1. The molecule has 0 aliphatic carbocycles. The second-order valence-electron chi connectivity index (χ2n) is 7.31. The average molecular weight is 539 g/mol. The van der Waals surface area contributed by atoms with Crippen molar-refractivity contribution in [1.29, 1.82) is 5.41 Å². The number of nitrogens with one attached hydrogen (secondary N) is 2. The molecule has 14 heteroatoms. The van der Waals surface area contributed by atoms with Crippen molar-refractivity contribution in [2.24, 2.45) is 5.73 Å². The molecule has 0 aliphatic heterocycles. The lowest BCUT2D eigenvalue weighted by Crippen LogP contribution is -2.21. The molecular weight excluding hydrogens is 519 g/mol. The maximum atomic E-state index is 11.6. The zero-order chi connectivity index (χ0) is 28.0. The Balaban J connectivity index is 0.000000604. The van der Waals surface area contributed by atoms with Gasteiger partial charge in [0, 0.05) is 16.8 Å². The maximum absolute atomic E-state index is 11.6. The van der Waals surface area contributed by atoms with Crippen molar-refractivity contribution in [3.05, 3.63) is 77.9 Å². The number of aliphatic carboxylic acids is 1.